The molecule has 4 heterocycles. The number of hydrogen-bond acceptors (Lipinski definition) is 7. The number of nitrogens with zero attached hydrogens (tertiary/aromatic N) is 7. The van der Waals surface area contributed by atoms with E-state index in [1.165, 1.54) is 28.2 Å². The fourth-order valence-electron chi connectivity index (χ4n) is 3.65. The average molecular weight is 409 g/mol. The molecule has 4 aromatic rings. The second kappa shape index (κ2) is 5.92. The van der Waals surface area contributed by atoms with Crippen LogP contribution in [-0.2, 0) is 0 Å². The summed E-state index contributed by atoms with van der Waals surface area (Å²) in [5.74, 6) is -1.21. The molecule has 11 heteroatoms. The summed E-state index contributed by atoms with van der Waals surface area (Å²) in [6.07, 6.45) is 1.68. The van der Waals surface area contributed by atoms with Crippen LogP contribution in [0.15, 0.2) is 58.2 Å². The van der Waals surface area contributed by atoms with Crippen LogP contribution in [0.3, 0.4) is 0 Å². The fraction of sp³-hybridized carbons (Fsp3) is 0.0526. The van der Waals surface area contributed by atoms with Crippen molar-refractivity contribution in [2.45, 2.75) is 6.17 Å². The Bertz CT molecular complexity index is 1330. The fourth-order valence-corrected chi connectivity index (χ4v) is 3.65. The van der Waals surface area contributed by atoms with Crippen molar-refractivity contribution in [2.24, 2.45) is 4.99 Å². The summed E-state index contributed by atoms with van der Waals surface area (Å²) in [5, 5.41) is 7.00. The molecule has 2 aliphatic heterocycles. The molecule has 30 heavy (non-hydrogen) atoms. The summed E-state index contributed by atoms with van der Waals surface area (Å²) in [4.78, 5) is 12.5. The topological polar surface area (TPSA) is 75.6 Å². The summed E-state index contributed by atoms with van der Waals surface area (Å²) >= 11 is 0. The number of benzene rings is 2. The van der Waals surface area contributed by atoms with Gasteiger partial charge in [0.05, 0.1) is 17.4 Å². The summed E-state index contributed by atoms with van der Waals surface area (Å²) in [6, 6.07) is 10.3. The van der Waals surface area contributed by atoms with Crippen molar-refractivity contribution in [3.63, 3.8) is 0 Å². The minimum Gasteiger partial charge on any atom is -0.332 e. The number of hydrogen-bond donors (Lipinski definition) is 0. The number of fused-ring (bicyclic) bond motifs is 6. The monoisotopic (exact) mass is 409 g/mol. The number of halogens is 3. The third-order valence-corrected chi connectivity index (χ3v) is 4.95. The molecule has 2 aromatic carbocycles. The lowest BCUT2D eigenvalue weighted by atomic mass is 10.1. The second-order valence-corrected chi connectivity index (χ2v) is 6.63. The smallest absolute Gasteiger partial charge is 0.295 e. The molecule has 2 aliphatic rings. The van der Waals surface area contributed by atoms with Gasteiger partial charge < -0.3 is 4.52 Å². The lowest BCUT2D eigenvalue weighted by Gasteiger charge is -2.35. The van der Waals surface area contributed by atoms with Crippen LogP contribution in [0.2, 0.25) is 0 Å². The molecule has 0 saturated heterocycles. The highest BCUT2D eigenvalue weighted by Crippen LogP contribution is 2.43. The Morgan fingerprint density at radius 2 is 1.90 bits per heavy atom. The molecule has 0 saturated carbocycles. The maximum atomic E-state index is 14.4. The summed E-state index contributed by atoms with van der Waals surface area (Å²) in [5.41, 5.74) is 1.35. The Morgan fingerprint density at radius 3 is 2.77 bits per heavy atom. The summed E-state index contributed by atoms with van der Waals surface area (Å²) in [6.45, 7) is 0. The molecule has 1 atom stereocenters. The third kappa shape index (κ3) is 2.22. The number of aromatic nitrogens is 4. The highest BCUT2D eigenvalue weighted by Gasteiger charge is 2.41. The number of para-hydroxylation sites is 1. The van der Waals surface area contributed by atoms with Crippen LogP contribution < -0.4 is 10.0 Å². The minimum absolute atomic E-state index is 0.0390. The van der Waals surface area contributed by atoms with Crippen LogP contribution in [0.25, 0.3) is 17.1 Å². The summed E-state index contributed by atoms with van der Waals surface area (Å²) < 4.78 is 48.2. The van der Waals surface area contributed by atoms with Gasteiger partial charge in [-0.3, -0.25) is 4.57 Å². The van der Waals surface area contributed by atoms with Crippen LogP contribution >= 0.6 is 0 Å². The average Bonchev–Trinajstić information content (AvgIpc) is 3.46. The van der Waals surface area contributed by atoms with E-state index in [1.54, 1.807) is 17.1 Å². The number of imidazole rings is 1. The van der Waals surface area contributed by atoms with Crippen molar-refractivity contribution < 1.29 is 17.7 Å². The van der Waals surface area contributed by atoms with Crippen molar-refractivity contribution >= 4 is 18.1 Å². The van der Waals surface area contributed by atoms with E-state index in [-0.39, 0.29) is 17.4 Å². The first-order chi connectivity index (χ1) is 14.6. The molecule has 0 aliphatic carbocycles. The number of hydrazine groups is 1. The first kappa shape index (κ1) is 16.8. The summed E-state index contributed by atoms with van der Waals surface area (Å²) in [7, 11) is 0. The van der Waals surface area contributed by atoms with Crippen molar-refractivity contribution in [1.29, 1.82) is 0 Å². The van der Waals surface area contributed by atoms with E-state index in [1.807, 2.05) is 12.1 Å². The van der Waals surface area contributed by atoms with Gasteiger partial charge in [-0.15, -0.1) is 0 Å². The minimum atomic E-state index is -0.829. The van der Waals surface area contributed by atoms with E-state index in [4.69, 9.17) is 4.52 Å². The Balaban J connectivity index is 1.44. The van der Waals surface area contributed by atoms with Crippen LogP contribution in [0, 0.1) is 17.7 Å². The first-order valence-electron chi connectivity index (χ1n) is 8.85. The SMILES string of the molecule is Fc1ccc(-c2nc(N3C=NC4c5ccccc5-n5c(cnc5F)N43)no2)c(F)c1. The zero-order valence-electron chi connectivity index (χ0n) is 14.9. The van der Waals surface area contributed by atoms with Crippen LogP contribution in [0.5, 0.6) is 0 Å². The lowest BCUT2D eigenvalue weighted by Crippen LogP contribution is -2.43. The standard InChI is InChI=1S/C19H10F3N7O/c20-10-5-6-11(13(21)7-10)17-25-19(26-30-17)27-9-24-16-12-3-1-2-4-14(12)28-15(29(16)27)8-23-18(28)22/h1-9,16H. The molecular formula is C19H10F3N7O. The van der Waals surface area contributed by atoms with Crippen LogP contribution in [0.1, 0.15) is 11.7 Å². The third-order valence-electron chi connectivity index (χ3n) is 4.95. The van der Waals surface area contributed by atoms with E-state index in [2.05, 4.69) is 20.1 Å². The van der Waals surface area contributed by atoms with Gasteiger partial charge in [0.2, 0.25) is 0 Å². The number of rotatable bonds is 2. The van der Waals surface area contributed by atoms with E-state index in [0.717, 1.165) is 17.7 Å². The lowest BCUT2D eigenvalue weighted by molar-refractivity contribution is 0.427. The molecule has 0 fully saturated rings. The maximum absolute atomic E-state index is 14.4. The number of aliphatic imine (C=N–C) groups is 1. The Labute approximate surface area is 166 Å². The molecule has 6 rings (SSSR count). The van der Waals surface area contributed by atoms with Gasteiger partial charge in [0.25, 0.3) is 17.9 Å². The van der Waals surface area contributed by atoms with Gasteiger partial charge in [-0.25, -0.2) is 28.8 Å². The maximum Gasteiger partial charge on any atom is 0.295 e. The molecule has 148 valence electrons. The van der Waals surface area contributed by atoms with Crippen molar-refractivity contribution in [2.75, 3.05) is 10.0 Å². The van der Waals surface area contributed by atoms with Gasteiger partial charge in [0.1, 0.15) is 18.0 Å². The van der Waals surface area contributed by atoms with Gasteiger partial charge in [-0.05, 0) is 23.4 Å². The number of anilines is 2. The van der Waals surface area contributed by atoms with E-state index >= 15 is 0 Å². The predicted molar refractivity (Wildman–Crippen MR) is 99.4 cm³/mol. The molecule has 0 amide bonds. The van der Waals surface area contributed by atoms with Crippen LogP contribution in [-0.4, -0.2) is 26.0 Å². The molecule has 0 bridgehead atoms. The first-order valence-corrected chi connectivity index (χ1v) is 8.85. The Hall–Kier alpha value is -4.15. The largest absolute Gasteiger partial charge is 0.332 e. The molecule has 0 N–H and O–H groups in total. The molecule has 0 spiro atoms. The van der Waals surface area contributed by atoms with Gasteiger partial charge in [-0.2, -0.15) is 9.37 Å². The van der Waals surface area contributed by atoms with Gasteiger partial charge in [0.15, 0.2) is 12.0 Å². The van der Waals surface area contributed by atoms with E-state index in [9.17, 15) is 13.2 Å². The molecule has 1 unspecified atom stereocenters. The zero-order chi connectivity index (χ0) is 20.4. The van der Waals surface area contributed by atoms with Crippen molar-refractivity contribution in [3.05, 3.63) is 71.9 Å². The van der Waals surface area contributed by atoms with Crippen LogP contribution in [0.4, 0.5) is 24.9 Å². The highest BCUT2D eigenvalue weighted by atomic mass is 19.1. The van der Waals surface area contributed by atoms with Gasteiger partial charge >= 0.3 is 0 Å². The van der Waals surface area contributed by atoms with Crippen molar-refractivity contribution in [1.82, 2.24) is 19.7 Å². The van der Waals surface area contributed by atoms with E-state index < -0.39 is 23.9 Å². The van der Waals surface area contributed by atoms with Gasteiger partial charge in [0, 0.05) is 11.6 Å². The second-order valence-electron chi connectivity index (χ2n) is 6.63. The predicted octanol–water partition coefficient (Wildman–Crippen LogP) is 3.62. The molecule has 2 aromatic heterocycles. The molecule has 8 nitrogen and oxygen atoms in total. The van der Waals surface area contributed by atoms with Crippen molar-refractivity contribution in [3.8, 4) is 17.1 Å². The van der Waals surface area contributed by atoms with Gasteiger partial charge in [-0.1, -0.05) is 18.2 Å². The molecular weight excluding hydrogens is 399 g/mol. The normalized spacial score (nSPS) is 16.6. The quantitative estimate of drug-likeness (QED) is 0.503. The van der Waals surface area contributed by atoms with E-state index in [0.29, 0.717) is 11.5 Å². The molecule has 0 radical (unpaired) electrons. The Morgan fingerprint density at radius 1 is 1.03 bits per heavy atom. The highest BCUT2D eigenvalue weighted by molar-refractivity contribution is 5.85. The Kier molecular flexibility index (Phi) is 3.31. The zero-order valence-corrected chi connectivity index (χ0v) is 14.9.